The molecule has 0 bridgehead atoms. The van der Waals surface area contributed by atoms with Crippen molar-refractivity contribution in [1.82, 2.24) is 19.7 Å². The molecule has 2 saturated heterocycles. The van der Waals surface area contributed by atoms with Crippen molar-refractivity contribution in [2.45, 2.75) is 57.9 Å². The van der Waals surface area contributed by atoms with Gasteiger partial charge in [0.05, 0.1) is 5.56 Å². The van der Waals surface area contributed by atoms with Gasteiger partial charge in [-0.3, -0.25) is 19.5 Å². The van der Waals surface area contributed by atoms with Crippen LogP contribution in [0.3, 0.4) is 0 Å². The third kappa shape index (κ3) is 3.64. The minimum atomic E-state index is 0.103. The summed E-state index contributed by atoms with van der Waals surface area (Å²) in [5, 5.41) is 0. The van der Waals surface area contributed by atoms with Gasteiger partial charge in [-0.1, -0.05) is 6.42 Å². The number of carbonyl (C=O) groups excluding carboxylic acids is 2. The molecule has 162 valence electrons. The molecule has 0 unspecified atom stereocenters. The number of carbonyl (C=O) groups is 2. The van der Waals surface area contributed by atoms with Crippen LogP contribution >= 0.6 is 0 Å². The van der Waals surface area contributed by atoms with Crippen molar-refractivity contribution in [3.05, 3.63) is 29.6 Å². The Morgan fingerprint density at radius 1 is 1.00 bits per heavy atom. The zero-order valence-corrected chi connectivity index (χ0v) is 18.2. The molecule has 1 spiro atoms. The average Bonchev–Trinajstić information content (AvgIpc) is 2.71. The van der Waals surface area contributed by atoms with Crippen LogP contribution in [-0.2, 0) is 4.79 Å². The molecular formula is C24H34N4O2. The van der Waals surface area contributed by atoms with E-state index < -0.39 is 0 Å². The summed E-state index contributed by atoms with van der Waals surface area (Å²) >= 11 is 0. The van der Waals surface area contributed by atoms with Gasteiger partial charge in [0.1, 0.15) is 0 Å². The highest BCUT2D eigenvalue weighted by atomic mass is 16.2. The number of pyridine rings is 1. The van der Waals surface area contributed by atoms with Crippen LogP contribution in [0.15, 0.2) is 18.5 Å². The molecule has 0 atom stereocenters. The maximum Gasteiger partial charge on any atom is 0.255 e. The van der Waals surface area contributed by atoms with Crippen molar-refractivity contribution in [3.8, 4) is 0 Å². The molecule has 1 aromatic heterocycles. The van der Waals surface area contributed by atoms with Crippen molar-refractivity contribution in [1.29, 1.82) is 0 Å². The molecule has 2 aliphatic heterocycles. The first-order chi connectivity index (χ1) is 14.5. The van der Waals surface area contributed by atoms with E-state index in [0.29, 0.717) is 5.91 Å². The summed E-state index contributed by atoms with van der Waals surface area (Å²) in [4.78, 5) is 36.6. The van der Waals surface area contributed by atoms with Crippen molar-refractivity contribution in [3.63, 3.8) is 0 Å². The van der Waals surface area contributed by atoms with E-state index in [1.165, 1.54) is 19.3 Å². The number of amides is 2. The zero-order chi connectivity index (χ0) is 20.7. The maximum atomic E-state index is 13.0. The molecule has 1 aromatic rings. The summed E-state index contributed by atoms with van der Waals surface area (Å²) in [6.07, 6.45) is 11.6. The lowest BCUT2D eigenvalue weighted by atomic mass is 9.57. The van der Waals surface area contributed by atoms with Gasteiger partial charge in [0.25, 0.3) is 5.91 Å². The fourth-order valence-electron chi connectivity index (χ4n) is 5.93. The average molecular weight is 411 g/mol. The first-order valence-electron chi connectivity index (χ1n) is 11.8. The normalized spacial score (nSPS) is 25.1. The number of hydrogen-bond donors (Lipinski definition) is 0. The molecular weight excluding hydrogens is 376 g/mol. The Bertz CT molecular complexity index is 797. The second kappa shape index (κ2) is 7.95. The lowest BCUT2D eigenvalue weighted by Gasteiger charge is -2.53. The number of nitrogens with zero attached hydrogens (tertiary/aromatic N) is 4. The SMILES string of the molecule is Cc1ccncc1C(=O)N1CCC2(CC1)CC(C(=O)N1CCN(C3CCC3)CC1)C2. The standard InChI is InChI=1S/C24H34N4O2/c1-18-5-8-25-17-21(18)23(30)27-9-6-24(7-10-27)15-19(16-24)22(29)28-13-11-26(12-14-28)20-3-2-4-20/h5,8,17,19-20H,2-4,6-7,9-16H2,1H3. The van der Waals surface area contributed by atoms with Crippen molar-refractivity contribution >= 4 is 11.8 Å². The number of piperidine rings is 1. The predicted molar refractivity (Wildman–Crippen MR) is 115 cm³/mol. The Kier molecular flexibility index (Phi) is 5.30. The molecule has 3 heterocycles. The fourth-order valence-corrected chi connectivity index (χ4v) is 5.93. The smallest absolute Gasteiger partial charge is 0.255 e. The quantitative estimate of drug-likeness (QED) is 0.769. The Balaban J connectivity index is 1.09. The molecule has 2 amide bonds. The summed E-state index contributed by atoms with van der Waals surface area (Å²) in [6.45, 7) is 7.49. The second-order valence-corrected chi connectivity index (χ2v) is 10.0. The molecule has 5 rings (SSSR count). The Hall–Kier alpha value is -1.95. The summed E-state index contributed by atoms with van der Waals surface area (Å²) in [6, 6.07) is 2.69. The van der Waals surface area contributed by atoms with E-state index in [4.69, 9.17) is 0 Å². The monoisotopic (exact) mass is 410 g/mol. The molecule has 30 heavy (non-hydrogen) atoms. The molecule has 2 aliphatic carbocycles. The number of rotatable bonds is 3. The predicted octanol–water partition coefficient (Wildman–Crippen LogP) is 2.72. The van der Waals surface area contributed by atoms with Crippen LogP contribution in [0.4, 0.5) is 0 Å². The van der Waals surface area contributed by atoms with E-state index in [1.807, 2.05) is 17.9 Å². The number of likely N-dealkylation sites (tertiary alicyclic amines) is 1. The van der Waals surface area contributed by atoms with Gasteiger partial charge >= 0.3 is 0 Å². The number of piperazine rings is 1. The van der Waals surface area contributed by atoms with Gasteiger partial charge in [-0.2, -0.15) is 0 Å². The van der Waals surface area contributed by atoms with Crippen molar-refractivity contribution < 1.29 is 9.59 Å². The van der Waals surface area contributed by atoms with Gasteiger partial charge in [-0.25, -0.2) is 0 Å². The van der Waals surface area contributed by atoms with Crippen LogP contribution in [0, 0.1) is 18.3 Å². The minimum absolute atomic E-state index is 0.103. The Labute approximate surface area is 179 Å². The van der Waals surface area contributed by atoms with E-state index in [0.717, 1.165) is 82.1 Å². The molecule has 2 saturated carbocycles. The first-order valence-corrected chi connectivity index (χ1v) is 11.8. The van der Waals surface area contributed by atoms with Crippen LogP contribution in [0.1, 0.15) is 60.9 Å². The fraction of sp³-hybridized carbons (Fsp3) is 0.708. The van der Waals surface area contributed by atoms with Gasteiger partial charge in [0, 0.05) is 63.6 Å². The first kappa shape index (κ1) is 20.0. The molecule has 6 heteroatoms. The third-order valence-corrected chi connectivity index (χ3v) is 8.31. The van der Waals surface area contributed by atoms with E-state index in [-0.39, 0.29) is 17.2 Å². The molecule has 4 aliphatic rings. The Morgan fingerprint density at radius 2 is 1.70 bits per heavy atom. The van der Waals surface area contributed by atoms with Gasteiger partial charge < -0.3 is 9.80 Å². The summed E-state index contributed by atoms with van der Waals surface area (Å²) in [5.41, 5.74) is 1.99. The van der Waals surface area contributed by atoms with Gasteiger partial charge in [-0.05, 0) is 62.5 Å². The van der Waals surface area contributed by atoms with Gasteiger partial charge in [0.15, 0.2) is 0 Å². The summed E-state index contributed by atoms with van der Waals surface area (Å²) in [7, 11) is 0. The molecule has 0 aromatic carbocycles. The van der Waals surface area contributed by atoms with Crippen LogP contribution in [-0.4, -0.2) is 76.8 Å². The number of hydrogen-bond acceptors (Lipinski definition) is 4. The molecule has 4 fully saturated rings. The maximum absolute atomic E-state index is 13.0. The van der Waals surface area contributed by atoms with E-state index in [2.05, 4.69) is 14.8 Å². The Morgan fingerprint density at radius 3 is 2.30 bits per heavy atom. The molecule has 0 N–H and O–H groups in total. The summed E-state index contributed by atoms with van der Waals surface area (Å²) < 4.78 is 0. The van der Waals surface area contributed by atoms with Gasteiger partial charge in [-0.15, -0.1) is 0 Å². The minimum Gasteiger partial charge on any atom is -0.340 e. The number of aryl methyl sites for hydroxylation is 1. The highest BCUT2D eigenvalue weighted by Gasteiger charge is 2.50. The lowest BCUT2D eigenvalue weighted by Crippen LogP contribution is -2.57. The summed E-state index contributed by atoms with van der Waals surface area (Å²) in [5.74, 6) is 0.702. The number of aromatic nitrogens is 1. The van der Waals surface area contributed by atoms with E-state index in [1.54, 1.807) is 12.4 Å². The molecule has 0 radical (unpaired) electrons. The van der Waals surface area contributed by atoms with E-state index >= 15 is 0 Å². The topological polar surface area (TPSA) is 56.8 Å². The van der Waals surface area contributed by atoms with Crippen molar-refractivity contribution in [2.75, 3.05) is 39.3 Å². The largest absolute Gasteiger partial charge is 0.340 e. The zero-order valence-electron chi connectivity index (χ0n) is 18.2. The van der Waals surface area contributed by atoms with E-state index in [9.17, 15) is 9.59 Å². The highest BCUT2D eigenvalue weighted by Crippen LogP contribution is 2.53. The highest BCUT2D eigenvalue weighted by molar-refractivity contribution is 5.95. The van der Waals surface area contributed by atoms with Crippen molar-refractivity contribution in [2.24, 2.45) is 11.3 Å². The molecule has 6 nitrogen and oxygen atoms in total. The van der Waals surface area contributed by atoms with Crippen LogP contribution in [0.25, 0.3) is 0 Å². The van der Waals surface area contributed by atoms with Crippen LogP contribution in [0.5, 0.6) is 0 Å². The van der Waals surface area contributed by atoms with Crippen LogP contribution < -0.4 is 0 Å². The second-order valence-electron chi connectivity index (χ2n) is 10.0. The lowest BCUT2D eigenvalue weighted by molar-refractivity contribution is -0.148. The van der Waals surface area contributed by atoms with Crippen LogP contribution in [0.2, 0.25) is 0 Å². The van der Waals surface area contributed by atoms with Gasteiger partial charge in [0.2, 0.25) is 5.91 Å². The third-order valence-electron chi connectivity index (χ3n) is 8.31.